The fourth-order valence-corrected chi connectivity index (χ4v) is 3.82. The Morgan fingerprint density at radius 1 is 1.03 bits per heavy atom. The summed E-state index contributed by atoms with van der Waals surface area (Å²) in [6.45, 7) is 0. The van der Waals surface area contributed by atoms with E-state index >= 15 is 0 Å². The third-order valence-electron chi connectivity index (χ3n) is 5.58. The number of aromatic hydroxyl groups is 1. The van der Waals surface area contributed by atoms with Gasteiger partial charge in [0.1, 0.15) is 11.9 Å². The molecule has 3 aromatic rings. The van der Waals surface area contributed by atoms with Gasteiger partial charge in [-0.15, -0.1) is 0 Å². The summed E-state index contributed by atoms with van der Waals surface area (Å²) in [7, 11) is 0. The summed E-state index contributed by atoms with van der Waals surface area (Å²) >= 11 is 0. The van der Waals surface area contributed by atoms with E-state index in [1.807, 2.05) is 0 Å². The number of hydrogen-bond acceptors (Lipinski definition) is 4. The van der Waals surface area contributed by atoms with E-state index in [4.69, 9.17) is 0 Å². The molecule has 0 bridgehead atoms. The monoisotopic (exact) mass is 494 g/mol. The molecular formula is C27H21F3N2O4. The molecule has 0 spiro atoms. The number of nitrogens with one attached hydrogen (secondary N) is 2. The van der Waals surface area contributed by atoms with Crippen molar-refractivity contribution < 1.29 is 33.0 Å². The predicted octanol–water partition coefficient (Wildman–Crippen LogP) is 4.89. The normalized spacial score (nSPS) is 15.9. The van der Waals surface area contributed by atoms with E-state index in [1.54, 1.807) is 36.4 Å². The van der Waals surface area contributed by atoms with Crippen LogP contribution < -0.4 is 10.6 Å². The lowest BCUT2D eigenvalue weighted by Crippen LogP contribution is -2.34. The Hall–Kier alpha value is -4.37. The molecule has 0 fully saturated rings. The topological polar surface area (TPSA) is 98.7 Å². The van der Waals surface area contributed by atoms with Gasteiger partial charge in [-0.1, -0.05) is 42.5 Å². The van der Waals surface area contributed by atoms with Crippen molar-refractivity contribution in [2.24, 2.45) is 0 Å². The van der Waals surface area contributed by atoms with Crippen LogP contribution in [0.25, 0.3) is 5.57 Å². The van der Waals surface area contributed by atoms with Gasteiger partial charge < -0.3 is 20.8 Å². The van der Waals surface area contributed by atoms with Gasteiger partial charge in [0, 0.05) is 29.4 Å². The molecule has 2 amide bonds. The van der Waals surface area contributed by atoms with Crippen molar-refractivity contribution in [1.29, 1.82) is 0 Å². The second-order valence-electron chi connectivity index (χ2n) is 8.10. The summed E-state index contributed by atoms with van der Waals surface area (Å²) in [5, 5.41) is 25.0. The van der Waals surface area contributed by atoms with E-state index in [-0.39, 0.29) is 12.2 Å². The van der Waals surface area contributed by atoms with Crippen LogP contribution in [0.15, 0.2) is 85.0 Å². The maximum Gasteiger partial charge on any atom is 0.416 e. The number of phenols is 1. The number of fused-ring (bicyclic) bond motifs is 1. The Kier molecular flexibility index (Phi) is 6.93. The molecule has 1 aliphatic heterocycles. The average molecular weight is 494 g/mol. The van der Waals surface area contributed by atoms with Crippen LogP contribution in [0.3, 0.4) is 0 Å². The number of amides is 2. The average Bonchev–Trinajstić information content (AvgIpc) is 2.83. The highest BCUT2D eigenvalue weighted by Crippen LogP contribution is 2.32. The molecule has 36 heavy (non-hydrogen) atoms. The maximum absolute atomic E-state index is 13.0. The molecule has 1 atom stereocenters. The van der Waals surface area contributed by atoms with Crippen molar-refractivity contribution in [2.45, 2.75) is 18.7 Å². The lowest BCUT2D eigenvalue weighted by molar-refractivity contribution is -0.137. The third kappa shape index (κ3) is 5.64. The highest BCUT2D eigenvalue weighted by molar-refractivity contribution is 6.03. The van der Waals surface area contributed by atoms with Gasteiger partial charge >= 0.3 is 6.18 Å². The van der Waals surface area contributed by atoms with E-state index < -0.39 is 29.7 Å². The molecule has 0 saturated heterocycles. The van der Waals surface area contributed by atoms with Crippen LogP contribution in [-0.4, -0.2) is 28.1 Å². The fraction of sp³-hybridized carbons (Fsp3) is 0.111. The molecule has 0 radical (unpaired) electrons. The van der Waals surface area contributed by atoms with Crippen molar-refractivity contribution in [3.63, 3.8) is 0 Å². The Bertz CT molecular complexity index is 1360. The number of benzene rings is 3. The number of halogens is 3. The Balaban J connectivity index is 1.59. The Labute approximate surface area is 204 Å². The van der Waals surface area contributed by atoms with E-state index in [2.05, 4.69) is 10.6 Å². The van der Waals surface area contributed by atoms with E-state index in [0.29, 0.717) is 33.6 Å². The van der Waals surface area contributed by atoms with E-state index in [1.165, 1.54) is 36.4 Å². The van der Waals surface area contributed by atoms with Gasteiger partial charge in [-0.3, -0.25) is 9.59 Å². The molecule has 9 heteroatoms. The van der Waals surface area contributed by atoms with Crippen LogP contribution in [0.2, 0.25) is 0 Å². The highest BCUT2D eigenvalue weighted by Gasteiger charge is 2.30. The van der Waals surface area contributed by atoms with Crippen molar-refractivity contribution in [2.75, 3.05) is 10.6 Å². The molecule has 184 valence electrons. The lowest BCUT2D eigenvalue weighted by atomic mass is 9.96. The number of aliphatic hydroxyl groups excluding tert-OH is 1. The molecule has 0 aromatic heterocycles. The first-order chi connectivity index (χ1) is 17.1. The molecule has 1 unspecified atom stereocenters. The number of rotatable bonds is 5. The highest BCUT2D eigenvalue weighted by atomic mass is 19.4. The first kappa shape index (κ1) is 24.7. The number of hydrogen-bond donors (Lipinski definition) is 4. The van der Waals surface area contributed by atoms with Crippen LogP contribution in [0.4, 0.5) is 24.5 Å². The smallest absolute Gasteiger partial charge is 0.416 e. The minimum absolute atomic E-state index is 0.0184. The summed E-state index contributed by atoms with van der Waals surface area (Å²) in [5.74, 6) is -1.03. The molecule has 0 saturated carbocycles. The van der Waals surface area contributed by atoms with E-state index in [9.17, 15) is 33.0 Å². The minimum atomic E-state index is -4.47. The summed E-state index contributed by atoms with van der Waals surface area (Å²) < 4.78 is 38.9. The number of carbonyl (C=O) groups is 2. The number of aliphatic hydroxyl groups is 1. The second kappa shape index (κ2) is 10.1. The number of allylic oxidation sites excluding steroid dienone is 2. The third-order valence-corrected chi connectivity index (χ3v) is 5.58. The molecule has 4 N–H and O–H groups in total. The van der Waals surface area contributed by atoms with Gasteiger partial charge in [0.25, 0.3) is 5.91 Å². The number of anilines is 2. The van der Waals surface area contributed by atoms with Crippen molar-refractivity contribution in [1.82, 2.24) is 0 Å². The summed E-state index contributed by atoms with van der Waals surface area (Å²) in [6, 6.07) is 15.8. The van der Waals surface area contributed by atoms with Gasteiger partial charge in [-0.25, -0.2) is 0 Å². The fourth-order valence-electron chi connectivity index (χ4n) is 3.82. The van der Waals surface area contributed by atoms with Gasteiger partial charge in [0.2, 0.25) is 5.91 Å². The van der Waals surface area contributed by atoms with Crippen LogP contribution in [-0.2, 0) is 22.2 Å². The van der Waals surface area contributed by atoms with Crippen LogP contribution in [0, 0.1) is 0 Å². The molecule has 1 heterocycles. The summed E-state index contributed by atoms with van der Waals surface area (Å²) in [5.41, 5.74) is 2.23. The van der Waals surface area contributed by atoms with Gasteiger partial charge in [0.15, 0.2) is 0 Å². The molecule has 6 nitrogen and oxygen atoms in total. The van der Waals surface area contributed by atoms with Crippen molar-refractivity contribution >= 4 is 28.8 Å². The van der Waals surface area contributed by atoms with E-state index in [0.717, 1.165) is 12.1 Å². The first-order valence-electron chi connectivity index (χ1n) is 10.9. The Morgan fingerprint density at radius 2 is 1.75 bits per heavy atom. The quantitative estimate of drug-likeness (QED) is 0.300. The first-order valence-corrected chi connectivity index (χ1v) is 10.9. The van der Waals surface area contributed by atoms with Crippen LogP contribution >= 0.6 is 0 Å². The predicted molar refractivity (Wildman–Crippen MR) is 129 cm³/mol. The molecule has 1 aliphatic rings. The number of phenolic OH excluding ortho intramolecular Hbond substituents is 1. The maximum atomic E-state index is 13.0. The minimum Gasteiger partial charge on any atom is -0.508 e. The largest absolute Gasteiger partial charge is 0.508 e. The van der Waals surface area contributed by atoms with Crippen molar-refractivity contribution in [3.05, 3.63) is 107 Å². The molecule has 3 aromatic carbocycles. The van der Waals surface area contributed by atoms with Gasteiger partial charge in [-0.05, 0) is 53.1 Å². The lowest BCUT2D eigenvalue weighted by Gasteiger charge is -2.23. The molecule has 4 rings (SSSR count). The van der Waals surface area contributed by atoms with Crippen molar-refractivity contribution in [3.8, 4) is 5.75 Å². The standard InChI is InChI=1S/C27H21F3N2O4/c28-27(29,30)18-12-10-16(11-13-18)20(17-4-1-5-19(33)14-17)6-2-9-25(35)31-22-7-3-8-23-21(22)15-24(34)26(36)32-23/h1-14,24,33-34H,15H2,(H,31,35)(H,32,36)/b9-2+,20-6-. The second-order valence-corrected chi connectivity index (χ2v) is 8.10. The van der Waals surface area contributed by atoms with Crippen LogP contribution in [0.1, 0.15) is 22.3 Å². The van der Waals surface area contributed by atoms with Gasteiger partial charge in [-0.2, -0.15) is 13.2 Å². The number of alkyl halides is 3. The summed E-state index contributed by atoms with van der Waals surface area (Å²) in [4.78, 5) is 24.2. The number of carbonyl (C=O) groups excluding carboxylic acids is 2. The van der Waals surface area contributed by atoms with Crippen LogP contribution in [0.5, 0.6) is 5.75 Å². The Morgan fingerprint density at radius 3 is 2.44 bits per heavy atom. The van der Waals surface area contributed by atoms with Gasteiger partial charge in [0.05, 0.1) is 5.56 Å². The summed E-state index contributed by atoms with van der Waals surface area (Å²) in [6.07, 6.45) is -1.40. The zero-order valence-corrected chi connectivity index (χ0v) is 18.7. The zero-order valence-electron chi connectivity index (χ0n) is 18.7. The zero-order chi connectivity index (χ0) is 25.9. The SMILES string of the molecule is O=C(/C=C/C=C(/c1ccc(C(F)(F)F)cc1)c1cccc(O)c1)Nc1cccc2c1CC(O)C(=O)N2. The molecule has 0 aliphatic carbocycles. The molecular weight excluding hydrogens is 473 g/mol.